The van der Waals surface area contributed by atoms with Crippen molar-refractivity contribution in [2.24, 2.45) is 7.05 Å². The SMILES string of the molecule is COc1ccc2cc[n+](C)nc2c1. The molecule has 13 heavy (non-hydrogen) atoms. The van der Waals surface area contributed by atoms with Crippen molar-refractivity contribution in [2.75, 3.05) is 7.11 Å². The number of rotatable bonds is 1. The van der Waals surface area contributed by atoms with E-state index in [4.69, 9.17) is 4.74 Å². The van der Waals surface area contributed by atoms with Crippen molar-refractivity contribution in [3.05, 3.63) is 30.5 Å². The number of aryl methyl sites for hydroxylation is 1. The number of ether oxygens (including phenoxy) is 1. The van der Waals surface area contributed by atoms with Gasteiger partial charge in [0.05, 0.1) is 7.11 Å². The summed E-state index contributed by atoms with van der Waals surface area (Å²) in [5.41, 5.74) is 0.948. The first-order valence-corrected chi connectivity index (χ1v) is 4.10. The van der Waals surface area contributed by atoms with E-state index in [0.29, 0.717) is 0 Å². The van der Waals surface area contributed by atoms with Crippen molar-refractivity contribution in [1.82, 2.24) is 5.10 Å². The molecule has 0 N–H and O–H groups in total. The normalized spacial score (nSPS) is 10.3. The van der Waals surface area contributed by atoms with Crippen molar-refractivity contribution in [2.45, 2.75) is 0 Å². The molecule has 66 valence electrons. The zero-order valence-electron chi connectivity index (χ0n) is 7.69. The molecule has 0 aliphatic heterocycles. The Labute approximate surface area is 76.6 Å². The van der Waals surface area contributed by atoms with E-state index in [-0.39, 0.29) is 0 Å². The van der Waals surface area contributed by atoms with Gasteiger partial charge in [-0.15, -0.1) is 0 Å². The van der Waals surface area contributed by atoms with Crippen LogP contribution < -0.4 is 9.42 Å². The molecule has 0 fully saturated rings. The number of fused-ring (bicyclic) bond motifs is 1. The van der Waals surface area contributed by atoms with Gasteiger partial charge in [-0.2, -0.15) is 0 Å². The largest absolute Gasteiger partial charge is 0.497 e. The summed E-state index contributed by atoms with van der Waals surface area (Å²) in [5.74, 6) is 0.839. The summed E-state index contributed by atoms with van der Waals surface area (Å²) in [6, 6.07) is 7.89. The third-order valence-electron chi connectivity index (χ3n) is 1.97. The lowest BCUT2D eigenvalue weighted by Gasteiger charge is -1.99. The number of hydrogen-bond donors (Lipinski definition) is 0. The fourth-order valence-electron chi connectivity index (χ4n) is 1.27. The molecule has 0 unspecified atom stereocenters. The van der Waals surface area contributed by atoms with Crippen molar-refractivity contribution >= 4 is 10.9 Å². The Morgan fingerprint density at radius 1 is 1.31 bits per heavy atom. The predicted octanol–water partition coefficient (Wildman–Crippen LogP) is 1.07. The standard InChI is InChI=1S/C10H11N2O/c1-12-6-5-8-3-4-9(13-2)7-10(8)11-12/h3-7H,1-2H3/q+1. The number of aromatic nitrogens is 2. The van der Waals surface area contributed by atoms with Crippen LogP contribution in [0.25, 0.3) is 10.9 Å². The Bertz CT molecular complexity index is 440. The average molecular weight is 175 g/mol. The molecule has 1 heterocycles. The van der Waals surface area contributed by atoms with Crippen molar-refractivity contribution in [1.29, 1.82) is 0 Å². The summed E-state index contributed by atoms with van der Waals surface area (Å²) in [5, 5.41) is 5.44. The van der Waals surface area contributed by atoms with Crippen molar-refractivity contribution < 1.29 is 9.42 Å². The van der Waals surface area contributed by atoms with Gasteiger partial charge in [-0.3, -0.25) is 0 Å². The Hall–Kier alpha value is -1.64. The van der Waals surface area contributed by atoms with Gasteiger partial charge < -0.3 is 4.74 Å². The number of hydrogen-bond acceptors (Lipinski definition) is 2. The zero-order valence-corrected chi connectivity index (χ0v) is 7.69. The van der Waals surface area contributed by atoms with Gasteiger partial charge >= 0.3 is 0 Å². The number of methoxy groups -OCH3 is 1. The van der Waals surface area contributed by atoms with Gasteiger partial charge in [-0.25, -0.2) is 0 Å². The molecule has 0 saturated carbocycles. The number of benzene rings is 1. The van der Waals surface area contributed by atoms with Crippen LogP contribution in [0.15, 0.2) is 30.5 Å². The van der Waals surface area contributed by atoms with Crippen LogP contribution >= 0.6 is 0 Å². The predicted molar refractivity (Wildman–Crippen MR) is 49.5 cm³/mol. The molecule has 2 rings (SSSR count). The lowest BCUT2D eigenvalue weighted by atomic mass is 10.2. The van der Waals surface area contributed by atoms with Crippen LogP contribution in [0.3, 0.4) is 0 Å². The van der Waals surface area contributed by atoms with E-state index in [9.17, 15) is 0 Å². The van der Waals surface area contributed by atoms with E-state index in [2.05, 4.69) is 5.10 Å². The lowest BCUT2D eigenvalue weighted by molar-refractivity contribution is -0.728. The van der Waals surface area contributed by atoms with Gasteiger partial charge in [0, 0.05) is 17.5 Å². The van der Waals surface area contributed by atoms with Crippen LogP contribution in [0.2, 0.25) is 0 Å². The summed E-state index contributed by atoms with van der Waals surface area (Å²) in [7, 11) is 3.56. The van der Waals surface area contributed by atoms with Crippen LogP contribution in [0.5, 0.6) is 5.75 Å². The highest BCUT2D eigenvalue weighted by atomic mass is 16.5. The van der Waals surface area contributed by atoms with Crippen molar-refractivity contribution in [3.63, 3.8) is 0 Å². The molecular formula is C10H11N2O+. The van der Waals surface area contributed by atoms with Gasteiger partial charge in [0.1, 0.15) is 11.3 Å². The third kappa shape index (κ3) is 1.45. The highest BCUT2D eigenvalue weighted by Gasteiger charge is 2.01. The highest BCUT2D eigenvalue weighted by molar-refractivity contribution is 5.78. The Balaban J connectivity index is 2.68. The minimum atomic E-state index is 0.839. The van der Waals surface area contributed by atoms with Gasteiger partial charge in [0.2, 0.25) is 0 Å². The van der Waals surface area contributed by atoms with Crippen LogP contribution in [0.1, 0.15) is 0 Å². The average Bonchev–Trinajstić information content (AvgIpc) is 2.16. The molecule has 0 atom stereocenters. The van der Waals surface area contributed by atoms with Gasteiger partial charge in [-0.1, -0.05) is 4.68 Å². The molecule has 1 aromatic carbocycles. The van der Waals surface area contributed by atoms with Gasteiger partial charge in [0.15, 0.2) is 13.2 Å². The minimum absolute atomic E-state index is 0.839. The van der Waals surface area contributed by atoms with Crippen LogP contribution in [-0.2, 0) is 7.05 Å². The second-order valence-electron chi connectivity index (χ2n) is 2.91. The summed E-state index contributed by atoms with van der Waals surface area (Å²) >= 11 is 0. The lowest BCUT2D eigenvalue weighted by Crippen LogP contribution is -2.31. The maximum atomic E-state index is 5.11. The number of nitrogens with zero attached hydrogens (tertiary/aromatic N) is 2. The molecule has 0 saturated heterocycles. The Morgan fingerprint density at radius 2 is 2.15 bits per heavy atom. The molecule has 0 amide bonds. The van der Waals surface area contributed by atoms with E-state index in [1.54, 1.807) is 11.8 Å². The fourth-order valence-corrected chi connectivity index (χ4v) is 1.27. The van der Waals surface area contributed by atoms with E-state index in [0.717, 1.165) is 16.7 Å². The summed E-state index contributed by atoms with van der Waals surface area (Å²) in [6.07, 6.45) is 1.93. The second-order valence-corrected chi connectivity index (χ2v) is 2.91. The van der Waals surface area contributed by atoms with Crippen LogP contribution in [0.4, 0.5) is 0 Å². The van der Waals surface area contributed by atoms with E-state index >= 15 is 0 Å². The highest BCUT2D eigenvalue weighted by Crippen LogP contribution is 2.16. The molecule has 1 aromatic heterocycles. The molecule has 2 aromatic rings. The Kier molecular flexibility index (Phi) is 1.85. The van der Waals surface area contributed by atoms with Crippen LogP contribution in [0, 0.1) is 0 Å². The third-order valence-corrected chi connectivity index (χ3v) is 1.97. The molecule has 0 bridgehead atoms. The fraction of sp³-hybridized carbons (Fsp3) is 0.200. The molecule has 0 aliphatic carbocycles. The smallest absolute Gasteiger partial charge is 0.196 e. The first kappa shape index (κ1) is 7.98. The topological polar surface area (TPSA) is 26.0 Å². The maximum absolute atomic E-state index is 5.11. The van der Waals surface area contributed by atoms with E-state index < -0.39 is 0 Å². The molecule has 0 radical (unpaired) electrons. The monoisotopic (exact) mass is 175 g/mol. The molecule has 3 nitrogen and oxygen atoms in total. The summed E-state index contributed by atoms with van der Waals surface area (Å²) in [6.45, 7) is 0. The summed E-state index contributed by atoms with van der Waals surface area (Å²) in [4.78, 5) is 0. The quantitative estimate of drug-likeness (QED) is 0.606. The Morgan fingerprint density at radius 3 is 2.92 bits per heavy atom. The summed E-state index contributed by atoms with van der Waals surface area (Å²) < 4.78 is 6.89. The molecule has 0 spiro atoms. The first-order valence-electron chi connectivity index (χ1n) is 4.10. The zero-order chi connectivity index (χ0) is 9.26. The van der Waals surface area contributed by atoms with E-state index in [1.807, 2.05) is 37.5 Å². The second kappa shape index (κ2) is 3.01. The molecule has 3 heteroatoms. The maximum Gasteiger partial charge on any atom is 0.196 e. The van der Waals surface area contributed by atoms with Gasteiger partial charge in [0.25, 0.3) is 0 Å². The first-order chi connectivity index (χ1) is 6.29. The van der Waals surface area contributed by atoms with Crippen molar-refractivity contribution in [3.8, 4) is 5.75 Å². The van der Waals surface area contributed by atoms with Crippen LogP contribution in [-0.4, -0.2) is 12.2 Å². The molecular weight excluding hydrogens is 164 g/mol. The molecule has 0 aliphatic rings. The van der Waals surface area contributed by atoms with Gasteiger partial charge in [-0.05, 0) is 17.2 Å². The van der Waals surface area contributed by atoms with E-state index in [1.165, 1.54) is 0 Å². The minimum Gasteiger partial charge on any atom is -0.497 e.